The Hall–Kier alpha value is -1.06. The summed E-state index contributed by atoms with van der Waals surface area (Å²) in [5.41, 5.74) is 0. The Morgan fingerprint density at radius 3 is 2.75 bits per heavy atom. The lowest BCUT2D eigenvalue weighted by Crippen LogP contribution is -2.56. The smallest absolute Gasteiger partial charge is 0.223 e. The molecule has 3 saturated heterocycles. The summed E-state index contributed by atoms with van der Waals surface area (Å²) < 4.78 is 0. The number of hydrogen-bond donors (Lipinski definition) is 1. The van der Waals surface area contributed by atoms with Crippen LogP contribution in [-0.2, 0) is 9.59 Å². The zero-order valence-corrected chi connectivity index (χ0v) is 12.4. The standard InChI is InChI=1S/C16H26N2O2/c1-11-8-13-5-3-7-16(20)18(13)14(9-11)10-12-4-2-6-15(19)17-12/h11-14H,2-10H2,1H3,(H,17,19)/t11-,12-,13-,14+/m0/s1. The van der Waals surface area contributed by atoms with Crippen molar-refractivity contribution in [2.24, 2.45) is 5.92 Å². The number of piperidine rings is 3. The maximum atomic E-state index is 12.3. The molecule has 2 amide bonds. The monoisotopic (exact) mass is 278 g/mol. The van der Waals surface area contributed by atoms with Gasteiger partial charge in [0.1, 0.15) is 0 Å². The molecule has 0 unspecified atom stereocenters. The van der Waals surface area contributed by atoms with Gasteiger partial charge in [-0.15, -0.1) is 0 Å². The van der Waals surface area contributed by atoms with Gasteiger partial charge < -0.3 is 10.2 Å². The van der Waals surface area contributed by atoms with Crippen LogP contribution in [0, 0.1) is 5.92 Å². The van der Waals surface area contributed by atoms with E-state index in [1.165, 1.54) is 12.8 Å². The molecule has 1 N–H and O–H groups in total. The third kappa shape index (κ3) is 2.84. The lowest BCUT2D eigenvalue weighted by molar-refractivity contribution is -0.143. The molecular formula is C16H26N2O2. The fraction of sp³-hybridized carbons (Fsp3) is 0.875. The molecule has 4 atom stereocenters. The van der Waals surface area contributed by atoms with Gasteiger partial charge in [0, 0.05) is 31.0 Å². The molecule has 3 aliphatic rings. The van der Waals surface area contributed by atoms with E-state index in [1.54, 1.807) is 0 Å². The summed E-state index contributed by atoms with van der Waals surface area (Å²) in [7, 11) is 0. The summed E-state index contributed by atoms with van der Waals surface area (Å²) in [6.45, 7) is 2.31. The number of amides is 2. The summed E-state index contributed by atoms with van der Waals surface area (Å²) in [4.78, 5) is 26.0. The van der Waals surface area contributed by atoms with Gasteiger partial charge in [-0.1, -0.05) is 6.92 Å². The molecular weight excluding hydrogens is 252 g/mol. The molecule has 3 heterocycles. The van der Waals surface area contributed by atoms with Gasteiger partial charge in [0.2, 0.25) is 11.8 Å². The Kier molecular flexibility index (Phi) is 3.99. The van der Waals surface area contributed by atoms with E-state index in [0.717, 1.165) is 38.5 Å². The first-order valence-electron chi connectivity index (χ1n) is 8.24. The van der Waals surface area contributed by atoms with Crippen LogP contribution in [0.2, 0.25) is 0 Å². The van der Waals surface area contributed by atoms with E-state index < -0.39 is 0 Å². The lowest BCUT2D eigenvalue weighted by Gasteiger charge is -2.48. The van der Waals surface area contributed by atoms with Gasteiger partial charge in [-0.2, -0.15) is 0 Å². The van der Waals surface area contributed by atoms with Crippen molar-refractivity contribution in [1.82, 2.24) is 10.2 Å². The number of nitrogens with one attached hydrogen (secondary N) is 1. The quantitative estimate of drug-likeness (QED) is 0.842. The van der Waals surface area contributed by atoms with Crippen molar-refractivity contribution in [1.29, 1.82) is 0 Å². The van der Waals surface area contributed by atoms with Crippen molar-refractivity contribution >= 4 is 11.8 Å². The molecule has 3 rings (SSSR count). The predicted molar refractivity (Wildman–Crippen MR) is 77.1 cm³/mol. The fourth-order valence-electron chi connectivity index (χ4n) is 4.43. The van der Waals surface area contributed by atoms with E-state index in [9.17, 15) is 9.59 Å². The van der Waals surface area contributed by atoms with Crippen LogP contribution in [-0.4, -0.2) is 34.8 Å². The van der Waals surface area contributed by atoms with Gasteiger partial charge in [0.25, 0.3) is 0 Å². The van der Waals surface area contributed by atoms with E-state index in [1.807, 2.05) is 0 Å². The first-order valence-corrected chi connectivity index (χ1v) is 8.24. The van der Waals surface area contributed by atoms with Crippen LogP contribution in [0.3, 0.4) is 0 Å². The molecule has 4 nitrogen and oxygen atoms in total. The number of carbonyl (C=O) groups excluding carboxylic acids is 2. The fourth-order valence-corrected chi connectivity index (χ4v) is 4.43. The molecule has 0 saturated carbocycles. The molecule has 0 aromatic carbocycles. The Morgan fingerprint density at radius 1 is 1.15 bits per heavy atom. The number of carbonyl (C=O) groups is 2. The highest BCUT2D eigenvalue weighted by atomic mass is 16.2. The van der Waals surface area contributed by atoms with Gasteiger partial charge in [-0.05, 0) is 50.9 Å². The third-order valence-electron chi connectivity index (χ3n) is 5.23. The van der Waals surface area contributed by atoms with Crippen LogP contribution in [0.1, 0.15) is 64.7 Å². The highest BCUT2D eigenvalue weighted by Crippen LogP contribution is 2.36. The van der Waals surface area contributed by atoms with Crippen LogP contribution in [0.5, 0.6) is 0 Å². The summed E-state index contributed by atoms with van der Waals surface area (Å²) in [5, 5.41) is 3.11. The van der Waals surface area contributed by atoms with Gasteiger partial charge in [-0.25, -0.2) is 0 Å². The molecule has 3 aliphatic heterocycles. The van der Waals surface area contributed by atoms with E-state index in [2.05, 4.69) is 17.1 Å². The minimum atomic E-state index is 0.187. The van der Waals surface area contributed by atoms with Crippen molar-refractivity contribution in [2.75, 3.05) is 0 Å². The largest absolute Gasteiger partial charge is 0.353 e. The summed E-state index contributed by atoms with van der Waals surface area (Å²) >= 11 is 0. The first-order chi connectivity index (χ1) is 9.63. The second-order valence-corrected chi connectivity index (χ2v) is 6.97. The molecule has 20 heavy (non-hydrogen) atoms. The Balaban J connectivity index is 1.69. The molecule has 0 bridgehead atoms. The van der Waals surface area contributed by atoms with E-state index in [0.29, 0.717) is 30.3 Å². The average molecular weight is 278 g/mol. The molecule has 0 aromatic rings. The lowest BCUT2D eigenvalue weighted by atomic mass is 9.80. The van der Waals surface area contributed by atoms with E-state index >= 15 is 0 Å². The Morgan fingerprint density at radius 2 is 1.95 bits per heavy atom. The SMILES string of the molecule is C[C@@H]1C[C@H](C[C@@H]2CCCC(=O)N2)N2C(=O)CCC[C@H]2C1. The second kappa shape index (κ2) is 5.74. The van der Waals surface area contributed by atoms with Crippen molar-refractivity contribution in [3.8, 4) is 0 Å². The van der Waals surface area contributed by atoms with Gasteiger partial charge in [0.15, 0.2) is 0 Å². The van der Waals surface area contributed by atoms with E-state index in [4.69, 9.17) is 0 Å². The van der Waals surface area contributed by atoms with Gasteiger partial charge in [-0.3, -0.25) is 9.59 Å². The van der Waals surface area contributed by atoms with E-state index in [-0.39, 0.29) is 11.9 Å². The number of nitrogens with zero attached hydrogens (tertiary/aromatic N) is 1. The van der Waals surface area contributed by atoms with Crippen LogP contribution < -0.4 is 5.32 Å². The summed E-state index contributed by atoms with van der Waals surface area (Å²) in [6, 6.07) is 1.09. The molecule has 0 aliphatic carbocycles. The molecule has 3 fully saturated rings. The topological polar surface area (TPSA) is 49.4 Å². The summed E-state index contributed by atoms with van der Waals surface area (Å²) in [5.74, 6) is 1.23. The first kappa shape index (κ1) is 13.9. The van der Waals surface area contributed by atoms with Crippen molar-refractivity contribution in [2.45, 2.75) is 82.8 Å². The van der Waals surface area contributed by atoms with Crippen LogP contribution >= 0.6 is 0 Å². The molecule has 4 heteroatoms. The average Bonchev–Trinajstić information content (AvgIpc) is 2.38. The maximum absolute atomic E-state index is 12.3. The third-order valence-corrected chi connectivity index (χ3v) is 5.23. The van der Waals surface area contributed by atoms with Crippen LogP contribution in [0.25, 0.3) is 0 Å². The molecule has 0 radical (unpaired) electrons. The van der Waals surface area contributed by atoms with Crippen molar-refractivity contribution in [3.63, 3.8) is 0 Å². The zero-order valence-electron chi connectivity index (χ0n) is 12.4. The highest BCUT2D eigenvalue weighted by molar-refractivity contribution is 5.78. The summed E-state index contributed by atoms with van der Waals surface area (Å²) in [6.07, 6.45) is 8.91. The normalized spacial score (nSPS) is 38.4. The molecule has 0 spiro atoms. The Labute approximate surface area is 121 Å². The number of hydrogen-bond acceptors (Lipinski definition) is 2. The molecule has 0 aromatic heterocycles. The molecule has 112 valence electrons. The predicted octanol–water partition coefficient (Wildman–Crippen LogP) is 2.22. The maximum Gasteiger partial charge on any atom is 0.223 e. The van der Waals surface area contributed by atoms with Crippen LogP contribution in [0.15, 0.2) is 0 Å². The second-order valence-electron chi connectivity index (χ2n) is 6.97. The zero-order chi connectivity index (χ0) is 14.1. The Bertz CT molecular complexity index is 396. The van der Waals surface area contributed by atoms with Gasteiger partial charge >= 0.3 is 0 Å². The minimum absolute atomic E-state index is 0.187. The minimum Gasteiger partial charge on any atom is -0.353 e. The van der Waals surface area contributed by atoms with Crippen molar-refractivity contribution < 1.29 is 9.59 Å². The van der Waals surface area contributed by atoms with Gasteiger partial charge in [0.05, 0.1) is 0 Å². The highest BCUT2D eigenvalue weighted by Gasteiger charge is 2.39. The van der Waals surface area contributed by atoms with Crippen molar-refractivity contribution in [3.05, 3.63) is 0 Å². The van der Waals surface area contributed by atoms with Crippen LogP contribution in [0.4, 0.5) is 0 Å². The number of fused-ring (bicyclic) bond motifs is 1. The number of rotatable bonds is 2.